The molecule has 1 aliphatic rings. The van der Waals surface area contributed by atoms with Crippen LogP contribution in [0.4, 0.5) is 0 Å². The number of esters is 2. The van der Waals surface area contributed by atoms with Gasteiger partial charge in [-0.1, -0.05) is 139 Å². The summed E-state index contributed by atoms with van der Waals surface area (Å²) in [4.78, 5) is 40.2. The van der Waals surface area contributed by atoms with E-state index in [9.17, 15) is 9.59 Å². The van der Waals surface area contributed by atoms with Gasteiger partial charge >= 0.3 is 11.9 Å². The van der Waals surface area contributed by atoms with Crippen molar-refractivity contribution in [2.24, 2.45) is 0 Å². The third-order valence-electron chi connectivity index (χ3n) is 10.8. The first-order valence-corrected chi connectivity index (χ1v) is 23.6. The topological polar surface area (TPSA) is 160 Å². The number of rotatable bonds is 34. The van der Waals surface area contributed by atoms with E-state index >= 15 is 0 Å². The zero-order valence-corrected chi connectivity index (χ0v) is 38.5. The van der Waals surface area contributed by atoms with Gasteiger partial charge in [0, 0.05) is 23.3 Å². The van der Waals surface area contributed by atoms with E-state index in [0.717, 1.165) is 86.5 Å². The van der Waals surface area contributed by atoms with Crippen LogP contribution in [-0.2, 0) is 51.2 Å². The van der Waals surface area contributed by atoms with Crippen molar-refractivity contribution in [3.05, 3.63) is 110 Å². The third kappa shape index (κ3) is 20.3. The molecule has 1 aliphatic heterocycles. The van der Waals surface area contributed by atoms with Crippen molar-refractivity contribution in [2.75, 3.05) is 39.6 Å². The maximum Gasteiger partial charge on any atom is 0.330 e. The fraction of sp³-hybridized carbons (Fsp3) is 0.500. The van der Waals surface area contributed by atoms with Crippen LogP contribution in [0.5, 0.6) is 11.5 Å². The van der Waals surface area contributed by atoms with Gasteiger partial charge in [-0.05, 0) is 36.8 Å². The average Bonchev–Trinajstić information content (AvgIpc) is 3.36. The first-order chi connectivity index (χ1) is 32.5. The van der Waals surface area contributed by atoms with Crippen molar-refractivity contribution in [3.8, 4) is 34.3 Å². The maximum absolute atomic E-state index is 11.0. The Bertz CT molecular complexity index is 1820. The summed E-state index contributed by atoms with van der Waals surface area (Å²) < 4.78 is 45.8. The minimum absolute atomic E-state index is 0.316. The molecule has 0 bridgehead atoms. The van der Waals surface area contributed by atoms with Crippen LogP contribution in [0.25, 0.3) is 22.8 Å². The molecule has 2 atom stereocenters. The molecule has 0 N–H and O–H groups in total. The molecule has 1 fully saturated rings. The normalized spacial score (nSPS) is 14.6. The number of hydrogen-bond donors (Lipinski definition) is 0. The Kier molecular flexibility index (Phi) is 24.5. The van der Waals surface area contributed by atoms with Crippen LogP contribution in [0.15, 0.2) is 98.6 Å². The van der Waals surface area contributed by atoms with E-state index in [1.165, 1.54) is 50.7 Å². The Morgan fingerprint density at radius 2 is 0.803 bits per heavy atom. The first kappa shape index (κ1) is 51.4. The summed E-state index contributed by atoms with van der Waals surface area (Å²) in [6, 6.07) is 15.8. The van der Waals surface area contributed by atoms with E-state index < -0.39 is 12.6 Å². The molecule has 14 nitrogen and oxygen atoms in total. The summed E-state index contributed by atoms with van der Waals surface area (Å²) in [5.41, 5.74) is 3.72. The molecule has 0 unspecified atom stereocenters. The molecule has 0 aliphatic carbocycles. The fourth-order valence-electron chi connectivity index (χ4n) is 7.05. The van der Waals surface area contributed by atoms with Gasteiger partial charge in [-0.15, -0.1) is 0 Å². The van der Waals surface area contributed by atoms with E-state index in [1.54, 1.807) is 24.8 Å². The molecule has 2 aromatic heterocycles. The number of aromatic nitrogens is 4. The lowest BCUT2D eigenvalue weighted by Gasteiger charge is -2.31. The van der Waals surface area contributed by atoms with Gasteiger partial charge in [-0.2, -0.15) is 0 Å². The molecular weight excluding hydrogens is 841 g/mol. The van der Waals surface area contributed by atoms with Crippen molar-refractivity contribution in [1.82, 2.24) is 19.9 Å². The lowest BCUT2D eigenvalue weighted by Crippen LogP contribution is -2.41. The van der Waals surface area contributed by atoms with Crippen molar-refractivity contribution in [2.45, 2.75) is 129 Å². The number of benzene rings is 2. The second kappa shape index (κ2) is 31.4. The fourth-order valence-corrected chi connectivity index (χ4v) is 7.05. The second-order valence-electron chi connectivity index (χ2n) is 16.1. The highest BCUT2D eigenvalue weighted by Gasteiger charge is 2.29. The van der Waals surface area contributed by atoms with Crippen molar-refractivity contribution in [1.29, 1.82) is 0 Å². The van der Waals surface area contributed by atoms with E-state index in [-0.39, 0.29) is 11.9 Å². The smallest absolute Gasteiger partial charge is 0.330 e. The molecule has 356 valence electrons. The minimum atomic E-state index is -0.676. The van der Waals surface area contributed by atoms with Gasteiger partial charge in [-0.3, -0.25) is 0 Å². The molecule has 1 saturated heterocycles. The van der Waals surface area contributed by atoms with Crippen molar-refractivity contribution >= 4 is 11.9 Å². The molecule has 4 aromatic rings. The summed E-state index contributed by atoms with van der Waals surface area (Å²) in [6.07, 6.45) is 25.5. The second-order valence-corrected chi connectivity index (χ2v) is 16.1. The van der Waals surface area contributed by atoms with Crippen LogP contribution in [0.2, 0.25) is 0 Å². The van der Waals surface area contributed by atoms with Gasteiger partial charge < -0.3 is 37.9 Å². The van der Waals surface area contributed by atoms with Gasteiger partial charge in [0.05, 0.1) is 77.6 Å². The Hall–Kier alpha value is -5.54. The summed E-state index contributed by atoms with van der Waals surface area (Å²) >= 11 is 0. The molecule has 0 spiro atoms. The number of carbonyl (C=O) groups excluding carboxylic acids is 2. The van der Waals surface area contributed by atoms with E-state index in [0.29, 0.717) is 76.0 Å². The standard InChI is InChI=1S/C52H68N4O10/c1-3-47(57)61-31-19-15-11-7-5-9-13-17-29-59-45-35-53-49(54-36-45)43-25-21-41(22-26-43)39-65-51-52(64-34-33-63-51)66-40-42-23-27-44(28-24-42)50-55-37-46(38-56-50)60-30-18-14-10-6-8-12-16-20-32-62-48(58)4-2/h3-4,21-28,35-38,51-52H,1-2,5-20,29-34,39-40H2/t51-,52-/m1/s1. The van der Waals surface area contributed by atoms with Crippen LogP contribution in [-0.4, -0.2) is 84.1 Å². The predicted octanol–water partition coefficient (Wildman–Crippen LogP) is 10.5. The Morgan fingerprint density at radius 3 is 1.14 bits per heavy atom. The van der Waals surface area contributed by atoms with Crippen LogP contribution in [0.1, 0.15) is 114 Å². The SMILES string of the molecule is C=CC(=O)OCCCCCCCCCCOc1cnc(-c2ccc(CO[C@H]3OCCO[C@@H]3OCc3ccc(-c4ncc(OCCCCCCCCCCOC(=O)C=C)cn4)cc3)cc2)nc1. The highest BCUT2D eigenvalue weighted by molar-refractivity contribution is 5.81. The highest BCUT2D eigenvalue weighted by Crippen LogP contribution is 2.23. The summed E-state index contributed by atoms with van der Waals surface area (Å²) in [7, 11) is 0. The predicted molar refractivity (Wildman–Crippen MR) is 251 cm³/mol. The van der Waals surface area contributed by atoms with Crippen molar-refractivity contribution < 1.29 is 47.5 Å². The van der Waals surface area contributed by atoms with Crippen molar-refractivity contribution in [3.63, 3.8) is 0 Å². The Morgan fingerprint density at radius 1 is 0.485 bits per heavy atom. The van der Waals surface area contributed by atoms with Gasteiger partial charge in [0.15, 0.2) is 23.1 Å². The monoisotopic (exact) mass is 908 g/mol. The molecule has 0 saturated carbocycles. The molecule has 5 rings (SSSR count). The number of unbranched alkanes of at least 4 members (excludes halogenated alkanes) is 14. The third-order valence-corrected chi connectivity index (χ3v) is 10.8. The Labute approximate surface area is 390 Å². The molecule has 14 heteroatoms. The summed E-state index contributed by atoms with van der Waals surface area (Å²) in [6.45, 7) is 10.5. The number of hydrogen-bond acceptors (Lipinski definition) is 14. The minimum Gasteiger partial charge on any atom is -0.490 e. The maximum atomic E-state index is 11.0. The molecule has 0 amide bonds. The number of ether oxygens (including phenoxy) is 8. The van der Waals surface area contributed by atoms with E-state index in [1.807, 2.05) is 48.5 Å². The molecular formula is C52H68N4O10. The van der Waals surface area contributed by atoms with Crippen LogP contribution in [0.3, 0.4) is 0 Å². The summed E-state index contributed by atoms with van der Waals surface area (Å²) in [5.74, 6) is 1.86. The van der Waals surface area contributed by atoms with Gasteiger partial charge in [-0.25, -0.2) is 29.5 Å². The summed E-state index contributed by atoms with van der Waals surface area (Å²) in [5, 5.41) is 0. The van der Waals surface area contributed by atoms with E-state index in [2.05, 4.69) is 33.1 Å². The largest absolute Gasteiger partial charge is 0.490 e. The molecule has 0 radical (unpaired) electrons. The lowest BCUT2D eigenvalue weighted by atomic mass is 10.1. The van der Waals surface area contributed by atoms with Gasteiger partial charge in [0.1, 0.15) is 0 Å². The van der Waals surface area contributed by atoms with E-state index in [4.69, 9.17) is 37.9 Å². The quantitative estimate of drug-likeness (QED) is 0.0247. The zero-order chi connectivity index (χ0) is 46.3. The van der Waals surface area contributed by atoms with Gasteiger partial charge in [0.2, 0.25) is 12.6 Å². The van der Waals surface area contributed by atoms with Crippen LogP contribution in [0, 0.1) is 0 Å². The molecule has 3 heterocycles. The Balaban J connectivity index is 0.914. The highest BCUT2D eigenvalue weighted by atomic mass is 16.8. The number of carbonyl (C=O) groups is 2. The molecule has 66 heavy (non-hydrogen) atoms. The average molecular weight is 909 g/mol. The lowest BCUT2D eigenvalue weighted by molar-refractivity contribution is -0.326. The first-order valence-electron chi connectivity index (χ1n) is 23.6. The zero-order valence-electron chi connectivity index (χ0n) is 38.5. The molecule has 2 aromatic carbocycles. The van der Waals surface area contributed by atoms with Gasteiger partial charge in [0.25, 0.3) is 0 Å². The number of nitrogens with zero attached hydrogens (tertiary/aromatic N) is 4. The van der Waals surface area contributed by atoms with Crippen LogP contribution >= 0.6 is 0 Å². The van der Waals surface area contributed by atoms with Crippen LogP contribution < -0.4 is 9.47 Å².